The van der Waals surface area contributed by atoms with Gasteiger partial charge in [-0.25, -0.2) is 4.98 Å². The summed E-state index contributed by atoms with van der Waals surface area (Å²) in [6.07, 6.45) is 1.50. The summed E-state index contributed by atoms with van der Waals surface area (Å²) >= 11 is 0. The number of rotatable bonds is 7. The van der Waals surface area contributed by atoms with Crippen molar-refractivity contribution in [2.45, 2.75) is 13.5 Å². The lowest BCUT2D eigenvalue weighted by molar-refractivity contribution is 0.0947. The molecule has 1 aromatic heterocycles. The molecular weight excluding hydrogens is 402 g/mol. The van der Waals surface area contributed by atoms with E-state index in [0.29, 0.717) is 18.1 Å². The number of amides is 1. The second kappa shape index (κ2) is 9.75. The standard InChI is InChI=1S/C26H23N3O3/c1-18-7-6-10-22(15-18)32-26-23(25(30)28-16-19-8-4-3-5-9-19)17-27-24(29-26)20-11-13-21(31-2)14-12-20/h3-15,17H,16H2,1-2H3,(H,28,30). The Hall–Kier alpha value is -4.19. The second-order valence-electron chi connectivity index (χ2n) is 7.23. The first-order valence-corrected chi connectivity index (χ1v) is 10.2. The number of methoxy groups -OCH3 is 1. The number of benzene rings is 3. The Morgan fingerprint density at radius 3 is 2.44 bits per heavy atom. The van der Waals surface area contributed by atoms with Crippen molar-refractivity contribution in [3.8, 4) is 28.8 Å². The zero-order valence-electron chi connectivity index (χ0n) is 17.9. The molecule has 0 bridgehead atoms. The molecule has 6 heteroatoms. The van der Waals surface area contributed by atoms with Crippen LogP contribution in [0.3, 0.4) is 0 Å². The molecule has 0 fully saturated rings. The van der Waals surface area contributed by atoms with Crippen LogP contribution in [0.5, 0.6) is 17.4 Å². The van der Waals surface area contributed by atoms with Crippen LogP contribution in [0.2, 0.25) is 0 Å². The van der Waals surface area contributed by atoms with Gasteiger partial charge >= 0.3 is 0 Å². The first kappa shape index (κ1) is 21.1. The second-order valence-corrected chi connectivity index (χ2v) is 7.23. The highest BCUT2D eigenvalue weighted by Gasteiger charge is 2.18. The number of ether oxygens (including phenoxy) is 2. The third-order valence-electron chi connectivity index (χ3n) is 4.85. The Bertz CT molecular complexity index is 1210. The number of carbonyl (C=O) groups excluding carboxylic acids is 1. The summed E-state index contributed by atoms with van der Waals surface area (Å²) in [5.41, 5.74) is 3.09. The van der Waals surface area contributed by atoms with Gasteiger partial charge < -0.3 is 14.8 Å². The highest BCUT2D eigenvalue weighted by molar-refractivity contribution is 5.96. The predicted molar refractivity (Wildman–Crippen MR) is 123 cm³/mol. The maximum Gasteiger partial charge on any atom is 0.258 e. The van der Waals surface area contributed by atoms with E-state index in [0.717, 1.165) is 22.4 Å². The molecule has 4 rings (SSSR count). The van der Waals surface area contributed by atoms with Gasteiger partial charge in [0.25, 0.3) is 5.91 Å². The Balaban J connectivity index is 1.65. The molecule has 0 saturated heterocycles. The number of hydrogen-bond acceptors (Lipinski definition) is 5. The van der Waals surface area contributed by atoms with E-state index in [1.165, 1.54) is 6.20 Å². The fourth-order valence-electron chi connectivity index (χ4n) is 3.14. The van der Waals surface area contributed by atoms with Gasteiger partial charge in [-0.2, -0.15) is 4.98 Å². The first-order chi connectivity index (χ1) is 15.6. The number of aryl methyl sites for hydroxylation is 1. The van der Waals surface area contributed by atoms with E-state index in [2.05, 4.69) is 15.3 Å². The zero-order chi connectivity index (χ0) is 22.3. The minimum atomic E-state index is -0.308. The summed E-state index contributed by atoms with van der Waals surface area (Å²) in [5.74, 6) is 1.68. The summed E-state index contributed by atoms with van der Waals surface area (Å²) in [5, 5.41) is 2.91. The van der Waals surface area contributed by atoms with Gasteiger partial charge in [0.15, 0.2) is 5.82 Å². The monoisotopic (exact) mass is 425 g/mol. The molecule has 0 aliphatic rings. The summed E-state index contributed by atoms with van der Waals surface area (Å²) in [6.45, 7) is 2.37. The summed E-state index contributed by atoms with van der Waals surface area (Å²) < 4.78 is 11.2. The van der Waals surface area contributed by atoms with Crippen molar-refractivity contribution in [1.82, 2.24) is 15.3 Å². The maximum atomic E-state index is 12.9. The molecule has 0 aliphatic heterocycles. The van der Waals surface area contributed by atoms with E-state index in [-0.39, 0.29) is 17.4 Å². The number of nitrogens with zero attached hydrogens (tertiary/aromatic N) is 2. The van der Waals surface area contributed by atoms with Crippen LogP contribution in [0.25, 0.3) is 11.4 Å². The van der Waals surface area contributed by atoms with Gasteiger partial charge in [-0.1, -0.05) is 42.5 Å². The Labute approximate surface area is 186 Å². The lowest BCUT2D eigenvalue weighted by atomic mass is 10.2. The van der Waals surface area contributed by atoms with Crippen LogP contribution in [-0.2, 0) is 6.54 Å². The topological polar surface area (TPSA) is 73.3 Å². The highest BCUT2D eigenvalue weighted by atomic mass is 16.5. The largest absolute Gasteiger partial charge is 0.497 e. The molecule has 6 nitrogen and oxygen atoms in total. The summed E-state index contributed by atoms with van der Waals surface area (Å²) in [6, 6.07) is 24.7. The SMILES string of the molecule is COc1ccc(-c2ncc(C(=O)NCc3ccccc3)c(Oc3cccc(C)c3)n2)cc1. The van der Waals surface area contributed by atoms with E-state index < -0.39 is 0 Å². The molecule has 160 valence electrons. The van der Waals surface area contributed by atoms with Crippen LogP contribution in [0, 0.1) is 6.92 Å². The Morgan fingerprint density at radius 1 is 0.938 bits per heavy atom. The van der Waals surface area contributed by atoms with Crippen LogP contribution in [0.4, 0.5) is 0 Å². The fourth-order valence-corrected chi connectivity index (χ4v) is 3.14. The molecule has 0 saturated carbocycles. The molecule has 0 unspecified atom stereocenters. The van der Waals surface area contributed by atoms with Crippen molar-refractivity contribution in [3.63, 3.8) is 0 Å². The average molecular weight is 425 g/mol. The van der Waals surface area contributed by atoms with Crippen molar-refractivity contribution < 1.29 is 14.3 Å². The molecule has 1 amide bonds. The highest BCUT2D eigenvalue weighted by Crippen LogP contribution is 2.27. The fraction of sp³-hybridized carbons (Fsp3) is 0.115. The van der Waals surface area contributed by atoms with Crippen molar-refractivity contribution in [2.24, 2.45) is 0 Å². The number of carbonyl (C=O) groups is 1. The van der Waals surface area contributed by atoms with Crippen LogP contribution >= 0.6 is 0 Å². The molecule has 0 radical (unpaired) electrons. The number of aromatic nitrogens is 2. The summed E-state index contributed by atoms with van der Waals surface area (Å²) in [7, 11) is 1.61. The van der Waals surface area contributed by atoms with Crippen molar-refractivity contribution in [2.75, 3.05) is 7.11 Å². The lowest BCUT2D eigenvalue weighted by Gasteiger charge is -2.12. The van der Waals surface area contributed by atoms with Gasteiger partial charge in [0.05, 0.1) is 7.11 Å². The number of hydrogen-bond donors (Lipinski definition) is 1. The molecular formula is C26H23N3O3. The van der Waals surface area contributed by atoms with Gasteiger partial charge in [-0.3, -0.25) is 4.79 Å². The van der Waals surface area contributed by atoms with Gasteiger partial charge in [0, 0.05) is 18.3 Å². The van der Waals surface area contributed by atoms with Crippen LogP contribution < -0.4 is 14.8 Å². The van der Waals surface area contributed by atoms with Gasteiger partial charge in [0.1, 0.15) is 17.1 Å². The van der Waals surface area contributed by atoms with E-state index in [1.807, 2.05) is 85.8 Å². The van der Waals surface area contributed by atoms with Gasteiger partial charge in [-0.15, -0.1) is 0 Å². The van der Waals surface area contributed by atoms with Gasteiger partial charge in [0.2, 0.25) is 5.88 Å². The average Bonchev–Trinajstić information content (AvgIpc) is 2.83. The molecule has 4 aromatic rings. The third kappa shape index (κ3) is 5.10. The number of nitrogens with one attached hydrogen (secondary N) is 1. The van der Waals surface area contributed by atoms with E-state index in [4.69, 9.17) is 9.47 Å². The minimum Gasteiger partial charge on any atom is -0.497 e. The lowest BCUT2D eigenvalue weighted by Crippen LogP contribution is -2.24. The molecule has 1 heterocycles. The smallest absolute Gasteiger partial charge is 0.258 e. The predicted octanol–water partition coefficient (Wildman–Crippen LogP) is 5.18. The molecule has 3 aromatic carbocycles. The van der Waals surface area contributed by atoms with Crippen LogP contribution in [0.15, 0.2) is 85.1 Å². The van der Waals surface area contributed by atoms with Crippen molar-refractivity contribution in [1.29, 1.82) is 0 Å². The van der Waals surface area contributed by atoms with Crippen molar-refractivity contribution >= 4 is 5.91 Å². The van der Waals surface area contributed by atoms with E-state index in [1.54, 1.807) is 7.11 Å². The Kier molecular flexibility index (Phi) is 6.41. The third-order valence-corrected chi connectivity index (χ3v) is 4.85. The van der Waals surface area contributed by atoms with Gasteiger partial charge in [-0.05, 0) is 54.4 Å². The molecule has 32 heavy (non-hydrogen) atoms. The van der Waals surface area contributed by atoms with E-state index >= 15 is 0 Å². The van der Waals surface area contributed by atoms with Crippen LogP contribution in [-0.4, -0.2) is 23.0 Å². The normalized spacial score (nSPS) is 10.4. The summed E-state index contributed by atoms with van der Waals surface area (Å²) in [4.78, 5) is 21.9. The molecule has 0 spiro atoms. The first-order valence-electron chi connectivity index (χ1n) is 10.2. The van der Waals surface area contributed by atoms with Crippen LogP contribution in [0.1, 0.15) is 21.5 Å². The zero-order valence-corrected chi connectivity index (χ0v) is 17.9. The minimum absolute atomic E-state index is 0.196. The van der Waals surface area contributed by atoms with Crippen molar-refractivity contribution in [3.05, 3.63) is 102 Å². The molecule has 0 aliphatic carbocycles. The molecule has 0 atom stereocenters. The quantitative estimate of drug-likeness (QED) is 0.441. The Morgan fingerprint density at radius 2 is 1.72 bits per heavy atom. The maximum absolute atomic E-state index is 12.9. The molecule has 1 N–H and O–H groups in total. The van der Waals surface area contributed by atoms with E-state index in [9.17, 15) is 4.79 Å².